The quantitative estimate of drug-likeness (QED) is 0.903. The summed E-state index contributed by atoms with van der Waals surface area (Å²) in [4.78, 5) is 0. The van der Waals surface area contributed by atoms with Crippen molar-refractivity contribution < 1.29 is 4.74 Å². The van der Waals surface area contributed by atoms with Crippen molar-refractivity contribution in [1.82, 2.24) is 5.32 Å². The van der Waals surface area contributed by atoms with Crippen LogP contribution in [0.15, 0.2) is 42.5 Å². The van der Waals surface area contributed by atoms with Gasteiger partial charge < -0.3 is 10.1 Å². The minimum atomic E-state index is 0.216. The van der Waals surface area contributed by atoms with E-state index in [-0.39, 0.29) is 6.04 Å². The Morgan fingerprint density at radius 1 is 1.16 bits per heavy atom. The van der Waals surface area contributed by atoms with E-state index >= 15 is 0 Å². The number of halogens is 1. The minimum absolute atomic E-state index is 0.216. The molecule has 1 unspecified atom stereocenters. The Balaban J connectivity index is 2.00. The standard InChI is InChI=1S/C16H16ClNO/c1-19-14-6-3-12(4-7-14)16-15-10-13(17)5-2-11(15)8-9-18-16/h2-7,10,16,18H,8-9H2,1H3. The third-order valence-corrected chi connectivity index (χ3v) is 3.85. The van der Waals surface area contributed by atoms with E-state index < -0.39 is 0 Å². The summed E-state index contributed by atoms with van der Waals surface area (Å²) in [7, 11) is 1.68. The summed E-state index contributed by atoms with van der Waals surface area (Å²) in [5.74, 6) is 0.880. The Bertz CT molecular complexity index is 580. The number of hydrogen-bond donors (Lipinski definition) is 1. The Morgan fingerprint density at radius 2 is 1.95 bits per heavy atom. The van der Waals surface area contributed by atoms with Crippen LogP contribution in [-0.4, -0.2) is 13.7 Å². The van der Waals surface area contributed by atoms with Gasteiger partial charge in [-0.25, -0.2) is 0 Å². The lowest BCUT2D eigenvalue weighted by Gasteiger charge is -2.27. The summed E-state index contributed by atoms with van der Waals surface area (Å²) in [5.41, 5.74) is 3.90. The molecular formula is C16H16ClNO. The van der Waals surface area contributed by atoms with Gasteiger partial charge in [0, 0.05) is 11.6 Å². The molecule has 3 heteroatoms. The lowest BCUT2D eigenvalue weighted by Crippen LogP contribution is -2.30. The highest BCUT2D eigenvalue weighted by Gasteiger charge is 2.21. The Kier molecular flexibility index (Phi) is 3.45. The number of rotatable bonds is 2. The van der Waals surface area contributed by atoms with Crippen molar-refractivity contribution in [3.63, 3.8) is 0 Å². The van der Waals surface area contributed by atoms with E-state index in [1.807, 2.05) is 18.2 Å². The monoisotopic (exact) mass is 273 g/mol. The van der Waals surface area contributed by atoms with Crippen LogP contribution in [0, 0.1) is 0 Å². The van der Waals surface area contributed by atoms with Crippen LogP contribution in [0.5, 0.6) is 5.75 Å². The molecule has 3 rings (SSSR count). The molecule has 98 valence electrons. The second-order valence-corrected chi connectivity index (χ2v) is 5.19. The van der Waals surface area contributed by atoms with E-state index in [1.165, 1.54) is 16.7 Å². The summed E-state index contributed by atoms with van der Waals surface area (Å²) in [6.07, 6.45) is 1.05. The van der Waals surface area contributed by atoms with Gasteiger partial charge in [0.05, 0.1) is 13.2 Å². The summed E-state index contributed by atoms with van der Waals surface area (Å²) in [6, 6.07) is 14.6. The number of benzene rings is 2. The van der Waals surface area contributed by atoms with Crippen LogP contribution in [0.4, 0.5) is 0 Å². The van der Waals surface area contributed by atoms with Gasteiger partial charge in [-0.1, -0.05) is 29.8 Å². The van der Waals surface area contributed by atoms with Gasteiger partial charge in [-0.05, 0) is 47.4 Å². The van der Waals surface area contributed by atoms with Gasteiger partial charge in [0.1, 0.15) is 5.75 Å². The van der Waals surface area contributed by atoms with Gasteiger partial charge in [0.2, 0.25) is 0 Å². The highest BCUT2D eigenvalue weighted by molar-refractivity contribution is 6.30. The van der Waals surface area contributed by atoms with E-state index in [2.05, 4.69) is 29.6 Å². The molecule has 1 aliphatic heterocycles. The van der Waals surface area contributed by atoms with Crippen LogP contribution in [-0.2, 0) is 6.42 Å². The molecule has 0 bridgehead atoms. The van der Waals surface area contributed by atoms with Gasteiger partial charge in [0.15, 0.2) is 0 Å². The van der Waals surface area contributed by atoms with Crippen molar-refractivity contribution in [2.24, 2.45) is 0 Å². The average molecular weight is 274 g/mol. The van der Waals surface area contributed by atoms with Crippen LogP contribution in [0.1, 0.15) is 22.7 Å². The zero-order chi connectivity index (χ0) is 13.2. The smallest absolute Gasteiger partial charge is 0.118 e. The molecule has 1 heterocycles. The summed E-state index contributed by atoms with van der Waals surface area (Å²) < 4.78 is 5.20. The van der Waals surface area contributed by atoms with Crippen molar-refractivity contribution in [3.05, 3.63) is 64.2 Å². The molecule has 0 spiro atoms. The normalized spacial score (nSPS) is 17.9. The Morgan fingerprint density at radius 3 is 2.68 bits per heavy atom. The fraction of sp³-hybridized carbons (Fsp3) is 0.250. The van der Waals surface area contributed by atoms with Crippen molar-refractivity contribution in [3.8, 4) is 5.75 Å². The SMILES string of the molecule is COc1ccc(C2NCCc3ccc(Cl)cc32)cc1. The first-order valence-corrected chi connectivity index (χ1v) is 6.81. The molecule has 1 N–H and O–H groups in total. The maximum Gasteiger partial charge on any atom is 0.118 e. The molecule has 0 saturated heterocycles. The number of hydrogen-bond acceptors (Lipinski definition) is 2. The minimum Gasteiger partial charge on any atom is -0.497 e. The third-order valence-electron chi connectivity index (χ3n) is 3.61. The Labute approximate surface area is 118 Å². The maximum atomic E-state index is 6.13. The van der Waals surface area contributed by atoms with Crippen molar-refractivity contribution >= 4 is 11.6 Å². The van der Waals surface area contributed by atoms with Gasteiger partial charge in [-0.3, -0.25) is 0 Å². The van der Waals surface area contributed by atoms with Gasteiger partial charge in [0.25, 0.3) is 0 Å². The first-order valence-electron chi connectivity index (χ1n) is 6.43. The van der Waals surface area contributed by atoms with Crippen LogP contribution in [0.2, 0.25) is 5.02 Å². The van der Waals surface area contributed by atoms with Crippen LogP contribution >= 0.6 is 11.6 Å². The molecule has 2 aromatic carbocycles. The molecule has 2 nitrogen and oxygen atoms in total. The van der Waals surface area contributed by atoms with Crippen LogP contribution in [0.3, 0.4) is 0 Å². The first kappa shape index (κ1) is 12.5. The molecule has 0 saturated carbocycles. The predicted octanol–water partition coefficient (Wildman–Crippen LogP) is 3.58. The van der Waals surface area contributed by atoms with Gasteiger partial charge >= 0.3 is 0 Å². The predicted molar refractivity (Wildman–Crippen MR) is 78.0 cm³/mol. The third kappa shape index (κ3) is 2.46. The van der Waals surface area contributed by atoms with E-state index in [0.717, 1.165) is 23.7 Å². The van der Waals surface area contributed by atoms with Crippen molar-refractivity contribution in [2.75, 3.05) is 13.7 Å². The highest BCUT2D eigenvalue weighted by atomic mass is 35.5. The summed E-state index contributed by atoms with van der Waals surface area (Å²) in [5, 5.41) is 4.35. The lowest BCUT2D eigenvalue weighted by atomic mass is 9.90. The van der Waals surface area contributed by atoms with Crippen molar-refractivity contribution in [1.29, 1.82) is 0 Å². The summed E-state index contributed by atoms with van der Waals surface area (Å²) in [6.45, 7) is 0.991. The van der Waals surface area contributed by atoms with Crippen LogP contribution < -0.4 is 10.1 Å². The van der Waals surface area contributed by atoms with Crippen molar-refractivity contribution in [2.45, 2.75) is 12.5 Å². The molecular weight excluding hydrogens is 258 g/mol. The molecule has 19 heavy (non-hydrogen) atoms. The maximum absolute atomic E-state index is 6.13. The fourth-order valence-electron chi connectivity index (χ4n) is 2.62. The second kappa shape index (κ2) is 5.24. The fourth-order valence-corrected chi connectivity index (χ4v) is 2.80. The van der Waals surface area contributed by atoms with E-state index in [0.29, 0.717) is 0 Å². The molecule has 0 amide bonds. The van der Waals surface area contributed by atoms with Gasteiger partial charge in [-0.2, -0.15) is 0 Å². The van der Waals surface area contributed by atoms with E-state index in [9.17, 15) is 0 Å². The molecule has 1 atom stereocenters. The lowest BCUT2D eigenvalue weighted by molar-refractivity contribution is 0.414. The first-order chi connectivity index (χ1) is 9.28. The number of ether oxygens (including phenoxy) is 1. The summed E-state index contributed by atoms with van der Waals surface area (Å²) >= 11 is 6.13. The molecule has 0 aromatic heterocycles. The molecule has 0 aliphatic carbocycles. The molecule has 1 aliphatic rings. The number of nitrogens with one attached hydrogen (secondary N) is 1. The topological polar surface area (TPSA) is 21.3 Å². The molecule has 0 fully saturated rings. The zero-order valence-corrected chi connectivity index (χ0v) is 11.6. The molecule has 0 radical (unpaired) electrons. The van der Waals surface area contributed by atoms with Crippen LogP contribution in [0.25, 0.3) is 0 Å². The zero-order valence-electron chi connectivity index (χ0n) is 10.8. The number of fused-ring (bicyclic) bond motifs is 1. The van der Waals surface area contributed by atoms with E-state index in [1.54, 1.807) is 7.11 Å². The number of methoxy groups -OCH3 is 1. The Hall–Kier alpha value is -1.51. The second-order valence-electron chi connectivity index (χ2n) is 4.75. The average Bonchev–Trinajstić information content (AvgIpc) is 2.47. The largest absolute Gasteiger partial charge is 0.497 e. The molecule has 2 aromatic rings. The van der Waals surface area contributed by atoms with E-state index in [4.69, 9.17) is 16.3 Å². The highest BCUT2D eigenvalue weighted by Crippen LogP contribution is 2.31. The van der Waals surface area contributed by atoms with Gasteiger partial charge in [-0.15, -0.1) is 0 Å².